The van der Waals surface area contributed by atoms with Crippen molar-refractivity contribution in [2.45, 2.75) is 25.3 Å². The number of carbonyl (C=O) groups is 1. The van der Waals surface area contributed by atoms with Crippen molar-refractivity contribution in [3.63, 3.8) is 0 Å². The number of hydroxylamine groups is 2. The van der Waals surface area contributed by atoms with E-state index in [0.29, 0.717) is 6.61 Å². The highest BCUT2D eigenvalue weighted by Crippen LogP contribution is 2.31. The fraction of sp³-hybridized carbons (Fsp3) is 0.615. The second kappa shape index (κ2) is 5.63. The summed E-state index contributed by atoms with van der Waals surface area (Å²) in [6.07, 6.45) is 7.55. The van der Waals surface area contributed by atoms with Crippen molar-refractivity contribution in [3.8, 4) is 0 Å². The van der Waals surface area contributed by atoms with Gasteiger partial charge in [-0.25, -0.2) is 5.06 Å². The lowest BCUT2D eigenvalue weighted by Crippen LogP contribution is -2.40. The maximum atomic E-state index is 12.5. The van der Waals surface area contributed by atoms with Crippen LogP contribution in [0.5, 0.6) is 0 Å². The Bertz CT molecular complexity index is 434. The number of rotatable bonds is 2. The summed E-state index contributed by atoms with van der Waals surface area (Å²) in [7, 11) is 0. The molecule has 102 valence electrons. The monoisotopic (exact) mass is 262 g/mol. The third kappa shape index (κ3) is 2.59. The van der Waals surface area contributed by atoms with Crippen LogP contribution in [0.3, 0.4) is 0 Å². The molecule has 2 aliphatic rings. The number of hydrogen-bond donors (Lipinski definition) is 1. The fourth-order valence-electron chi connectivity index (χ4n) is 2.69. The third-order valence-electron chi connectivity index (χ3n) is 3.73. The van der Waals surface area contributed by atoms with Gasteiger partial charge in [0.2, 0.25) is 5.91 Å². The molecule has 0 spiro atoms. The molecule has 1 N–H and O–H groups in total. The van der Waals surface area contributed by atoms with E-state index in [1.165, 1.54) is 5.06 Å². The maximum absolute atomic E-state index is 12.5. The van der Waals surface area contributed by atoms with Gasteiger partial charge in [0.25, 0.3) is 0 Å². The average molecular weight is 262 g/mol. The molecule has 1 aromatic rings. The predicted molar refractivity (Wildman–Crippen MR) is 67.8 cm³/mol. The van der Waals surface area contributed by atoms with E-state index in [1.807, 2.05) is 0 Å². The lowest BCUT2D eigenvalue weighted by atomic mass is 9.96. The number of piperidine rings is 1. The molecule has 0 unspecified atom stereocenters. The molecule has 1 amide bonds. The summed E-state index contributed by atoms with van der Waals surface area (Å²) < 4.78 is 0. The zero-order chi connectivity index (χ0) is 13.1. The number of amides is 1. The van der Waals surface area contributed by atoms with Gasteiger partial charge in [-0.3, -0.25) is 19.6 Å². The van der Waals surface area contributed by atoms with E-state index < -0.39 is 0 Å². The van der Waals surface area contributed by atoms with Crippen LogP contribution in [0.4, 0.5) is 0 Å². The van der Waals surface area contributed by atoms with Gasteiger partial charge in [0.1, 0.15) is 6.04 Å². The van der Waals surface area contributed by atoms with Gasteiger partial charge in [0.05, 0.1) is 18.5 Å². The van der Waals surface area contributed by atoms with E-state index in [9.17, 15) is 4.79 Å². The Labute approximate surface area is 112 Å². The molecule has 0 bridgehead atoms. The molecule has 3 rings (SSSR count). The number of nitrogens with zero attached hydrogens (tertiary/aromatic N) is 3. The van der Waals surface area contributed by atoms with Crippen LogP contribution in [0.15, 0.2) is 18.6 Å². The van der Waals surface area contributed by atoms with Gasteiger partial charge < -0.3 is 5.32 Å². The van der Waals surface area contributed by atoms with Crippen molar-refractivity contribution in [2.24, 2.45) is 5.92 Å². The molecule has 3 heterocycles. The predicted octanol–water partition coefficient (Wildman–Crippen LogP) is 0.681. The first-order chi connectivity index (χ1) is 9.36. The Hall–Kier alpha value is -1.53. The lowest BCUT2D eigenvalue weighted by Gasteiger charge is -2.28. The van der Waals surface area contributed by atoms with Gasteiger partial charge >= 0.3 is 0 Å². The summed E-state index contributed by atoms with van der Waals surface area (Å²) in [6, 6.07) is -0.0870. The minimum absolute atomic E-state index is 0.0681. The molecule has 2 saturated heterocycles. The smallest absolute Gasteiger partial charge is 0.249 e. The molecule has 0 radical (unpaired) electrons. The molecule has 0 aromatic carbocycles. The lowest BCUT2D eigenvalue weighted by molar-refractivity contribution is -0.182. The van der Waals surface area contributed by atoms with Crippen molar-refractivity contribution in [1.82, 2.24) is 20.3 Å². The Morgan fingerprint density at radius 2 is 2.16 bits per heavy atom. The summed E-state index contributed by atoms with van der Waals surface area (Å²) in [6.45, 7) is 2.37. The van der Waals surface area contributed by atoms with Gasteiger partial charge in [-0.15, -0.1) is 0 Å². The Kier molecular flexibility index (Phi) is 3.70. The van der Waals surface area contributed by atoms with Crippen LogP contribution in [-0.4, -0.2) is 40.6 Å². The normalized spacial score (nSPS) is 24.6. The zero-order valence-electron chi connectivity index (χ0n) is 10.8. The van der Waals surface area contributed by atoms with Crippen LogP contribution in [0.25, 0.3) is 0 Å². The summed E-state index contributed by atoms with van der Waals surface area (Å²) in [4.78, 5) is 26.4. The van der Waals surface area contributed by atoms with Gasteiger partial charge in [0, 0.05) is 24.7 Å². The molecular formula is C13H18N4O2. The average Bonchev–Trinajstić information content (AvgIpc) is 2.98. The molecule has 6 nitrogen and oxygen atoms in total. The minimum atomic E-state index is -0.0870. The van der Waals surface area contributed by atoms with Crippen molar-refractivity contribution in [1.29, 1.82) is 0 Å². The third-order valence-corrected chi connectivity index (χ3v) is 3.73. The largest absolute Gasteiger partial charge is 0.317 e. The highest BCUT2D eigenvalue weighted by molar-refractivity contribution is 5.78. The molecule has 0 saturated carbocycles. The van der Waals surface area contributed by atoms with Crippen LogP contribution >= 0.6 is 0 Å². The highest BCUT2D eigenvalue weighted by atomic mass is 16.7. The quantitative estimate of drug-likeness (QED) is 0.849. The Balaban J connectivity index is 1.74. The summed E-state index contributed by atoms with van der Waals surface area (Å²) >= 11 is 0. The SMILES string of the molecule is O=C(C1CCNCC1)N1OCC[C@H]1c1cnccn1. The van der Waals surface area contributed by atoms with Gasteiger partial charge in [-0.1, -0.05) is 0 Å². The van der Waals surface area contributed by atoms with Gasteiger partial charge in [-0.2, -0.15) is 0 Å². The minimum Gasteiger partial charge on any atom is -0.317 e. The van der Waals surface area contributed by atoms with Crippen molar-refractivity contribution < 1.29 is 9.63 Å². The number of aromatic nitrogens is 2. The van der Waals surface area contributed by atoms with E-state index in [1.54, 1.807) is 18.6 Å². The molecule has 19 heavy (non-hydrogen) atoms. The van der Waals surface area contributed by atoms with Gasteiger partial charge in [-0.05, 0) is 25.9 Å². The first-order valence-corrected chi connectivity index (χ1v) is 6.79. The second-order valence-corrected chi connectivity index (χ2v) is 4.96. The van der Waals surface area contributed by atoms with E-state index in [2.05, 4.69) is 15.3 Å². The molecule has 1 atom stereocenters. The van der Waals surface area contributed by atoms with Crippen molar-refractivity contribution in [2.75, 3.05) is 19.7 Å². The summed E-state index contributed by atoms with van der Waals surface area (Å²) in [5.74, 6) is 0.160. The molecule has 2 aliphatic heterocycles. The van der Waals surface area contributed by atoms with Crippen LogP contribution in [0.2, 0.25) is 0 Å². The van der Waals surface area contributed by atoms with Crippen LogP contribution < -0.4 is 5.32 Å². The first-order valence-electron chi connectivity index (χ1n) is 6.79. The molecule has 2 fully saturated rings. The van der Waals surface area contributed by atoms with Crippen LogP contribution in [0.1, 0.15) is 31.0 Å². The zero-order valence-corrected chi connectivity index (χ0v) is 10.8. The Morgan fingerprint density at radius 3 is 2.89 bits per heavy atom. The fourth-order valence-corrected chi connectivity index (χ4v) is 2.69. The van der Waals surface area contributed by atoms with E-state index in [4.69, 9.17) is 4.84 Å². The van der Waals surface area contributed by atoms with Crippen molar-refractivity contribution in [3.05, 3.63) is 24.3 Å². The number of carbonyl (C=O) groups excluding carboxylic acids is 1. The number of hydrogen-bond acceptors (Lipinski definition) is 5. The molecule has 1 aromatic heterocycles. The second-order valence-electron chi connectivity index (χ2n) is 4.96. The number of nitrogens with one attached hydrogen (secondary N) is 1. The van der Waals surface area contributed by atoms with E-state index in [0.717, 1.165) is 38.0 Å². The summed E-state index contributed by atoms with van der Waals surface area (Å²) in [5, 5.41) is 4.80. The maximum Gasteiger partial charge on any atom is 0.249 e. The Morgan fingerprint density at radius 1 is 1.32 bits per heavy atom. The standard InChI is InChI=1S/C13H18N4O2/c18-13(10-1-4-14-5-2-10)17-12(3-8-19-17)11-9-15-6-7-16-11/h6-7,9-10,12,14H,1-5,8H2/t12-/m0/s1. The van der Waals surface area contributed by atoms with E-state index >= 15 is 0 Å². The van der Waals surface area contributed by atoms with E-state index in [-0.39, 0.29) is 17.9 Å². The molecule has 0 aliphatic carbocycles. The first kappa shape index (κ1) is 12.5. The van der Waals surface area contributed by atoms with Crippen LogP contribution in [-0.2, 0) is 9.63 Å². The highest BCUT2D eigenvalue weighted by Gasteiger charge is 2.36. The molecular weight excluding hydrogens is 244 g/mol. The van der Waals surface area contributed by atoms with Crippen molar-refractivity contribution >= 4 is 5.91 Å². The topological polar surface area (TPSA) is 67.4 Å². The summed E-state index contributed by atoms with van der Waals surface area (Å²) in [5.41, 5.74) is 0.808. The van der Waals surface area contributed by atoms with Gasteiger partial charge in [0.15, 0.2) is 0 Å². The molecule has 6 heteroatoms. The van der Waals surface area contributed by atoms with Crippen LogP contribution in [0, 0.1) is 5.92 Å².